The molecule has 2 fully saturated rings. The zero-order valence-electron chi connectivity index (χ0n) is 17.0. The highest BCUT2D eigenvalue weighted by atomic mass is 16.4. The third-order valence-corrected chi connectivity index (χ3v) is 6.32. The smallest absolute Gasteiger partial charge is 0.237 e. The van der Waals surface area contributed by atoms with E-state index in [0.717, 1.165) is 62.0 Å². The molecular formula is C23H28N4O2. The predicted octanol–water partition coefficient (Wildman–Crippen LogP) is 3.61. The van der Waals surface area contributed by atoms with E-state index in [1.54, 1.807) is 4.90 Å². The standard InChI is InChI=1S/C23H28N4O2/c1-17-20(26-22(29-17)18-8-3-2-4-9-18)14-23(11-5-6-12-23)25-16-21(28)27-13-7-10-19(27)15-24/h2-4,8-9,19,25H,5-7,10-14,16H2,1H3/t19-/m0/s1. The Kier molecular flexibility index (Phi) is 5.68. The number of nitrogens with zero attached hydrogens (tertiary/aromatic N) is 3. The number of carbonyl (C=O) groups excluding carboxylic acids is 1. The maximum Gasteiger partial charge on any atom is 0.237 e. The second-order valence-electron chi connectivity index (χ2n) is 8.28. The Morgan fingerprint density at radius 1 is 1.31 bits per heavy atom. The van der Waals surface area contributed by atoms with Crippen LogP contribution in [0, 0.1) is 18.3 Å². The number of hydrogen-bond donors (Lipinski definition) is 1. The fraction of sp³-hybridized carbons (Fsp3) is 0.522. The molecular weight excluding hydrogens is 364 g/mol. The van der Waals surface area contributed by atoms with Gasteiger partial charge >= 0.3 is 0 Å². The summed E-state index contributed by atoms with van der Waals surface area (Å²) in [5.41, 5.74) is 1.80. The lowest BCUT2D eigenvalue weighted by Gasteiger charge is -2.31. The van der Waals surface area contributed by atoms with Gasteiger partial charge in [0.05, 0.1) is 18.3 Å². The molecule has 2 aromatic rings. The Balaban J connectivity index is 1.46. The summed E-state index contributed by atoms with van der Waals surface area (Å²) in [6.07, 6.45) is 6.79. The van der Waals surface area contributed by atoms with Gasteiger partial charge < -0.3 is 14.6 Å². The average molecular weight is 393 g/mol. The Bertz CT molecular complexity index is 893. The lowest BCUT2D eigenvalue weighted by molar-refractivity contribution is -0.130. The van der Waals surface area contributed by atoms with Crippen LogP contribution in [0.1, 0.15) is 50.0 Å². The second kappa shape index (κ2) is 8.38. The number of aromatic nitrogens is 1. The zero-order valence-corrected chi connectivity index (χ0v) is 17.0. The molecule has 0 unspecified atom stereocenters. The van der Waals surface area contributed by atoms with Crippen molar-refractivity contribution < 1.29 is 9.21 Å². The Morgan fingerprint density at radius 3 is 2.79 bits per heavy atom. The van der Waals surface area contributed by atoms with Crippen molar-refractivity contribution in [2.45, 2.75) is 63.5 Å². The number of oxazole rings is 1. The lowest BCUT2D eigenvalue weighted by Crippen LogP contribution is -2.50. The molecule has 152 valence electrons. The normalized spacial score (nSPS) is 20.7. The van der Waals surface area contributed by atoms with Crippen LogP contribution in [0.5, 0.6) is 0 Å². The molecule has 6 nitrogen and oxygen atoms in total. The highest BCUT2D eigenvalue weighted by Gasteiger charge is 2.37. The van der Waals surface area contributed by atoms with Gasteiger partial charge in [0, 0.05) is 24.1 Å². The molecule has 29 heavy (non-hydrogen) atoms. The van der Waals surface area contributed by atoms with Gasteiger partial charge in [-0.1, -0.05) is 31.0 Å². The van der Waals surface area contributed by atoms with Crippen LogP contribution in [0.4, 0.5) is 0 Å². The highest BCUT2D eigenvalue weighted by Crippen LogP contribution is 2.34. The van der Waals surface area contributed by atoms with Crippen LogP contribution in [0.2, 0.25) is 0 Å². The van der Waals surface area contributed by atoms with Crippen molar-refractivity contribution in [3.63, 3.8) is 0 Å². The quantitative estimate of drug-likeness (QED) is 0.812. The van der Waals surface area contributed by atoms with E-state index >= 15 is 0 Å². The molecule has 0 spiro atoms. The Labute approximate surface area is 171 Å². The van der Waals surface area contributed by atoms with Gasteiger partial charge in [0.1, 0.15) is 11.8 Å². The number of hydrogen-bond acceptors (Lipinski definition) is 5. The van der Waals surface area contributed by atoms with E-state index in [9.17, 15) is 10.1 Å². The summed E-state index contributed by atoms with van der Waals surface area (Å²) in [6, 6.07) is 11.9. The van der Waals surface area contributed by atoms with Crippen molar-refractivity contribution in [2.24, 2.45) is 0 Å². The molecule has 1 saturated carbocycles. The first kappa shape index (κ1) is 19.7. The van der Waals surface area contributed by atoms with Crippen LogP contribution in [0.3, 0.4) is 0 Å². The van der Waals surface area contributed by atoms with Crippen molar-refractivity contribution in [2.75, 3.05) is 13.1 Å². The largest absolute Gasteiger partial charge is 0.441 e. The molecule has 1 aliphatic carbocycles. The molecule has 2 aliphatic rings. The third kappa shape index (κ3) is 4.20. The van der Waals surface area contributed by atoms with Crippen molar-refractivity contribution in [3.8, 4) is 17.5 Å². The molecule has 1 saturated heterocycles. The van der Waals surface area contributed by atoms with E-state index in [2.05, 4.69) is 11.4 Å². The van der Waals surface area contributed by atoms with Crippen LogP contribution < -0.4 is 5.32 Å². The van der Waals surface area contributed by atoms with Gasteiger partial charge in [0.15, 0.2) is 0 Å². The molecule has 6 heteroatoms. The van der Waals surface area contributed by atoms with Gasteiger partial charge in [-0.25, -0.2) is 4.98 Å². The van der Waals surface area contributed by atoms with E-state index in [1.807, 2.05) is 37.3 Å². The van der Waals surface area contributed by atoms with E-state index < -0.39 is 0 Å². The molecule has 2 heterocycles. The number of likely N-dealkylation sites (tertiary alicyclic amines) is 1. The second-order valence-corrected chi connectivity index (χ2v) is 8.28. The number of carbonyl (C=O) groups is 1. The molecule has 1 aliphatic heterocycles. The van der Waals surface area contributed by atoms with Crippen molar-refractivity contribution >= 4 is 5.91 Å². The average Bonchev–Trinajstić information content (AvgIpc) is 3.48. The number of amides is 1. The molecule has 0 radical (unpaired) electrons. The summed E-state index contributed by atoms with van der Waals surface area (Å²) in [5.74, 6) is 1.52. The molecule has 1 aromatic heterocycles. The van der Waals surface area contributed by atoms with Crippen LogP contribution >= 0.6 is 0 Å². The number of nitrogens with one attached hydrogen (secondary N) is 1. The first-order chi connectivity index (χ1) is 14.1. The lowest BCUT2D eigenvalue weighted by atomic mass is 9.91. The molecule has 1 aromatic carbocycles. The van der Waals surface area contributed by atoms with E-state index in [0.29, 0.717) is 12.4 Å². The summed E-state index contributed by atoms with van der Waals surface area (Å²) in [5, 5.41) is 12.8. The first-order valence-electron chi connectivity index (χ1n) is 10.6. The molecule has 1 atom stereocenters. The SMILES string of the molecule is Cc1oc(-c2ccccc2)nc1CC1(NCC(=O)N2CCC[C@H]2C#N)CCCC1. The molecule has 1 N–H and O–H groups in total. The number of aryl methyl sites for hydroxylation is 1. The van der Waals surface area contributed by atoms with Crippen LogP contribution in [-0.2, 0) is 11.2 Å². The van der Waals surface area contributed by atoms with Gasteiger partial charge in [-0.05, 0) is 44.7 Å². The molecule has 1 amide bonds. The van der Waals surface area contributed by atoms with Crippen LogP contribution in [-0.4, -0.2) is 40.5 Å². The summed E-state index contributed by atoms with van der Waals surface area (Å²) in [4.78, 5) is 19.2. The summed E-state index contributed by atoms with van der Waals surface area (Å²) in [6.45, 7) is 2.93. The monoisotopic (exact) mass is 392 g/mol. The molecule has 0 bridgehead atoms. The summed E-state index contributed by atoms with van der Waals surface area (Å²) < 4.78 is 5.94. The minimum Gasteiger partial charge on any atom is -0.441 e. The maximum absolute atomic E-state index is 12.7. The summed E-state index contributed by atoms with van der Waals surface area (Å²) in [7, 11) is 0. The van der Waals surface area contributed by atoms with E-state index in [4.69, 9.17) is 9.40 Å². The topological polar surface area (TPSA) is 82.2 Å². The third-order valence-electron chi connectivity index (χ3n) is 6.32. The number of benzene rings is 1. The van der Waals surface area contributed by atoms with Gasteiger partial charge in [-0.3, -0.25) is 4.79 Å². The Hall–Kier alpha value is -2.65. The Morgan fingerprint density at radius 2 is 2.07 bits per heavy atom. The van der Waals surface area contributed by atoms with Crippen molar-refractivity contribution in [3.05, 3.63) is 41.8 Å². The summed E-state index contributed by atoms with van der Waals surface area (Å²) >= 11 is 0. The van der Waals surface area contributed by atoms with Crippen LogP contribution in [0.15, 0.2) is 34.7 Å². The van der Waals surface area contributed by atoms with E-state index in [-0.39, 0.29) is 24.0 Å². The van der Waals surface area contributed by atoms with Gasteiger partial charge in [-0.15, -0.1) is 0 Å². The minimum atomic E-state index is -0.268. The van der Waals surface area contributed by atoms with Gasteiger partial charge in [0.25, 0.3) is 0 Å². The maximum atomic E-state index is 12.7. The number of rotatable bonds is 6. The predicted molar refractivity (Wildman–Crippen MR) is 110 cm³/mol. The van der Waals surface area contributed by atoms with Gasteiger partial charge in [-0.2, -0.15) is 5.26 Å². The zero-order chi connectivity index (χ0) is 20.3. The van der Waals surface area contributed by atoms with Gasteiger partial charge in [0.2, 0.25) is 11.8 Å². The first-order valence-corrected chi connectivity index (χ1v) is 10.6. The van der Waals surface area contributed by atoms with E-state index in [1.165, 1.54) is 0 Å². The van der Waals surface area contributed by atoms with Crippen LogP contribution in [0.25, 0.3) is 11.5 Å². The number of nitriles is 1. The minimum absolute atomic E-state index is 0.0298. The van der Waals surface area contributed by atoms with Crippen molar-refractivity contribution in [1.82, 2.24) is 15.2 Å². The van der Waals surface area contributed by atoms with Crippen molar-refractivity contribution in [1.29, 1.82) is 5.26 Å². The fourth-order valence-electron chi connectivity index (χ4n) is 4.65. The fourth-order valence-corrected chi connectivity index (χ4v) is 4.65. The molecule has 4 rings (SSSR count). The highest BCUT2D eigenvalue weighted by molar-refractivity contribution is 5.79.